The lowest BCUT2D eigenvalue weighted by Crippen LogP contribution is -2.46. The third kappa shape index (κ3) is 3.13. The van der Waals surface area contributed by atoms with Gasteiger partial charge in [0.1, 0.15) is 0 Å². The first-order valence-electron chi connectivity index (χ1n) is 9.51. The summed E-state index contributed by atoms with van der Waals surface area (Å²) in [6.45, 7) is 2.93. The fourth-order valence-corrected chi connectivity index (χ4v) is 4.52. The van der Waals surface area contributed by atoms with E-state index >= 15 is 0 Å². The average molecular weight is 367 g/mol. The number of oxazole rings is 1. The van der Waals surface area contributed by atoms with E-state index < -0.39 is 0 Å². The van der Waals surface area contributed by atoms with Crippen LogP contribution in [-0.2, 0) is 11.2 Å². The lowest BCUT2D eigenvalue weighted by molar-refractivity contribution is -0.137. The molecule has 2 amide bonds. The summed E-state index contributed by atoms with van der Waals surface area (Å²) in [7, 11) is 1.92. The monoisotopic (exact) mass is 367 g/mol. The molecule has 0 saturated carbocycles. The molecule has 6 nitrogen and oxygen atoms in total. The molecule has 3 heterocycles. The van der Waals surface area contributed by atoms with Gasteiger partial charge in [-0.2, -0.15) is 0 Å². The molecule has 2 fully saturated rings. The first-order chi connectivity index (χ1) is 13.0. The van der Waals surface area contributed by atoms with E-state index in [9.17, 15) is 9.59 Å². The molecule has 27 heavy (non-hydrogen) atoms. The fourth-order valence-electron chi connectivity index (χ4n) is 4.52. The van der Waals surface area contributed by atoms with Crippen molar-refractivity contribution in [1.82, 2.24) is 14.8 Å². The van der Waals surface area contributed by atoms with Crippen molar-refractivity contribution in [3.63, 3.8) is 0 Å². The van der Waals surface area contributed by atoms with Crippen LogP contribution in [0.25, 0.3) is 0 Å². The zero-order valence-corrected chi connectivity index (χ0v) is 15.9. The predicted octanol–water partition coefficient (Wildman–Crippen LogP) is 2.68. The highest BCUT2D eigenvalue weighted by Crippen LogP contribution is 2.44. The summed E-state index contributed by atoms with van der Waals surface area (Å²) in [6.07, 6.45) is 4.46. The Bertz CT molecular complexity index is 837. The molecule has 142 valence electrons. The number of likely N-dealkylation sites (tertiary alicyclic amines) is 2. The molecule has 1 unspecified atom stereocenters. The average Bonchev–Trinajstić information content (AvgIpc) is 3.21. The number of likely N-dealkylation sites (N-methyl/N-ethyl adjacent to an activating group) is 1. The SMILES string of the molecule is Cc1ncoc1C(=O)N1CCC2(CC1)CC(Cc1ccccc1)N(C)C2=O. The number of carbonyl (C=O) groups is 2. The van der Waals surface area contributed by atoms with Crippen molar-refractivity contribution in [2.45, 2.75) is 38.6 Å². The van der Waals surface area contributed by atoms with Crippen LogP contribution in [0, 0.1) is 12.3 Å². The number of aromatic nitrogens is 1. The maximum Gasteiger partial charge on any atom is 0.291 e. The molecule has 1 atom stereocenters. The van der Waals surface area contributed by atoms with Crippen LogP contribution < -0.4 is 0 Å². The van der Waals surface area contributed by atoms with Crippen LogP contribution in [0.1, 0.15) is 41.1 Å². The number of nitrogens with zero attached hydrogens (tertiary/aromatic N) is 3. The van der Waals surface area contributed by atoms with Gasteiger partial charge in [0.25, 0.3) is 5.91 Å². The number of carbonyl (C=O) groups excluding carboxylic acids is 2. The lowest BCUT2D eigenvalue weighted by atomic mass is 9.75. The van der Waals surface area contributed by atoms with E-state index in [2.05, 4.69) is 17.1 Å². The van der Waals surface area contributed by atoms with Crippen molar-refractivity contribution in [1.29, 1.82) is 0 Å². The molecule has 0 radical (unpaired) electrons. The normalized spacial score (nSPS) is 21.9. The largest absolute Gasteiger partial charge is 0.438 e. The number of piperidine rings is 1. The minimum absolute atomic E-state index is 0.125. The topological polar surface area (TPSA) is 66.7 Å². The predicted molar refractivity (Wildman–Crippen MR) is 100 cm³/mol. The molecule has 1 spiro atoms. The Kier molecular flexibility index (Phi) is 4.50. The maximum absolute atomic E-state index is 13.0. The molecule has 2 aliphatic heterocycles. The van der Waals surface area contributed by atoms with Crippen molar-refractivity contribution >= 4 is 11.8 Å². The molecule has 4 rings (SSSR count). The second-order valence-electron chi connectivity index (χ2n) is 7.80. The van der Waals surface area contributed by atoms with E-state index in [1.807, 2.05) is 30.1 Å². The first kappa shape index (κ1) is 17.8. The summed E-state index contributed by atoms with van der Waals surface area (Å²) in [5.41, 5.74) is 1.54. The number of aryl methyl sites for hydroxylation is 1. The van der Waals surface area contributed by atoms with E-state index in [-0.39, 0.29) is 23.3 Å². The molecule has 0 bridgehead atoms. The number of hydrogen-bond acceptors (Lipinski definition) is 4. The maximum atomic E-state index is 13.0. The third-order valence-electron chi connectivity index (χ3n) is 6.21. The van der Waals surface area contributed by atoms with Gasteiger partial charge >= 0.3 is 0 Å². The molecule has 2 aliphatic rings. The molecular formula is C21H25N3O3. The van der Waals surface area contributed by atoms with Crippen molar-refractivity contribution in [3.05, 3.63) is 53.7 Å². The molecule has 2 saturated heterocycles. The van der Waals surface area contributed by atoms with E-state index in [4.69, 9.17) is 4.42 Å². The fraction of sp³-hybridized carbons (Fsp3) is 0.476. The Labute approximate surface area is 159 Å². The van der Waals surface area contributed by atoms with Gasteiger partial charge in [-0.1, -0.05) is 30.3 Å². The zero-order valence-electron chi connectivity index (χ0n) is 15.9. The van der Waals surface area contributed by atoms with Crippen LogP contribution in [0.15, 0.2) is 41.1 Å². The molecule has 1 aromatic heterocycles. The molecular weight excluding hydrogens is 342 g/mol. The third-order valence-corrected chi connectivity index (χ3v) is 6.21. The highest BCUT2D eigenvalue weighted by atomic mass is 16.3. The number of hydrogen-bond donors (Lipinski definition) is 0. The van der Waals surface area contributed by atoms with Gasteiger partial charge < -0.3 is 14.2 Å². The van der Waals surface area contributed by atoms with Crippen LogP contribution in [0.3, 0.4) is 0 Å². The van der Waals surface area contributed by atoms with E-state index in [1.165, 1.54) is 12.0 Å². The van der Waals surface area contributed by atoms with Gasteiger partial charge in [-0.05, 0) is 38.2 Å². The van der Waals surface area contributed by atoms with Gasteiger partial charge in [-0.3, -0.25) is 9.59 Å². The summed E-state index contributed by atoms with van der Waals surface area (Å²) in [5.74, 6) is 0.411. The summed E-state index contributed by atoms with van der Waals surface area (Å²) in [4.78, 5) is 33.4. The smallest absolute Gasteiger partial charge is 0.291 e. The molecule has 6 heteroatoms. The van der Waals surface area contributed by atoms with Crippen molar-refractivity contribution in [2.24, 2.45) is 5.41 Å². The van der Waals surface area contributed by atoms with Crippen LogP contribution in [0.4, 0.5) is 0 Å². The summed E-state index contributed by atoms with van der Waals surface area (Å²) in [6, 6.07) is 10.5. The number of amides is 2. The summed E-state index contributed by atoms with van der Waals surface area (Å²) >= 11 is 0. The summed E-state index contributed by atoms with van der Waals surface area (Å²) < 4.78 is 5.24. The molecule has 0 N–H and O–H groups in total. The van der Waals surface area contributed by atoms with Crippen LogP contribution in [0.5, 0.6) is 0 Å². The quantitative estimate of drug-likeness (QED) is 0.837. The van der Waals surface area contributed by atoms with Crippen molar-refractivity contribution in [3.8, 4) is 0 Å². The van der Waals surface area contributed by atoms with Crippen LogP contribution in [-0.4, -0.2) is 52.8 Å². The minimum atomic E-state index is -0.332. The Morgan fingerprint density at radius 1 is 1.26 bits per heavy atom. The highest BCUT2D eigenvalue weighted by molar-refractivity contribution is 5.93. The zero-order chi connectivity index (χ0) is 19.0. The Morgan fingerprint density at radius 3 is 2.59 bits per heavy atom. The van der Waals surface area contributed by atoms with Gasteiger partial charge in [0.05, 0.1) is 11.1 Å². The Balaban J connectivity index is 1.43. The Hall–Kier alpha value is -2.63. The molecule has 1 aromatic carbocycles. The van der Waals surface area contributed by atoms with Gasteiger partial charge in [-0.15, -0.1) is 0 Å². The van der Waals surface area contributed by atoms with Gasteiger partial charge in [-0.25, -0.2) is 4.98 Å². The van der Waals surface area contributed by atoms with Crippen molar-refractivity contribution < 1.29 is 14.0 Å². The lowest BCUT2D eigenvalue weighted by Gasteiger charge is -2.37. The minimum Gasteiger partial charge on any atom is -0.438 e. The summed E-state index contributed by atoms with van der Waals surface area (Å²) in [5, 5.41) is 0. The van der Waals surface area contributed by atoms with Crippen LogP contribution in [0.2, 0.25) is 0 Å². The standard InChI is InChI=1S/C21H25N3O3/c1-15-18(27-14-22-15)19(25)24-10-8-21(9-11-24)13-17(23(2)20(21)26)12-16-6-4-3-5-7-16/h3-7,14,17H,8-13H2,1-2H3. The highest BCUT2D eigenvalue weighted by Gasteiger charge is 2.51. The van der Waals surface area contributed by atoms with E-state index in [0.717, 1.165) is 12.8 Å². The first-order valence-corrected chi connectivity index (χ1v) is 9.51. The molecule has 0 aliphatic carbocycles. The second kappa shape index (κ2) is 6.83. The van der Waals surface area contributed by atoms with Gasteiger partial charge in [0.2, 0.25) is 11.7 Å². The van der Waals surface area contributed by atoms with Gasteiger partial charge in [0, 0.05) is 26.2 Å². The van der Waals surface area contributed by atoms with E-state index in [0.29, 0.717) is 37.4 Å². The van der Waals surface area contributed by atoms with Crippen LogP contribution >= 0.6 is 0 Å². The number of rotatable bonds is 3. The Morgan fingerprint density at radius 2 is 1.96 bits per heavy atom. The molecule has 2 aromatic rings. The number of benzene rings is 1. The van der Waals surface area contributed by atoms with Crippen molar-refractivity contribution in [2.75, 3.05) is 20.1 Å². The van der Waals surface area contributed by atoms with Gasteiger partial charge in [0.15, 0.2) is 6.39 Å². The van der Waals surface area contributed by atoms with E-state index in [1.54, 1.807) is 11.8 Å². The second-order valence-corrected chi connectivity index (χ2v) is 7.80.